The van der Waals surface area contributed by atoms with E-state index >= 15 is 0 Å². The summed E-state index contributed by atoms with van der Waals surface area (Å²) in [5.74, 6) is -0.946. The lowest BCUT2D eigenvalue weighted by molar-refractivity contribution is -0.134. The van der Waals surface area contributed by atoms with Gasteiger partial charge in [0.25, 0.3) is 0 Å². The normalized spacial score (nSPS) is 19.6. The molecule has 3 amide bonds. The molecule has 1 aromatic heterocycles. The summed E-state index contributed by atoms with van der Waals surface area (Å²) >= 11 is 0. The number of carbonyl (C=O) groups is 3. The van der Waals surface area contributed by atoms with E-state index in [0.29, 0.717) is 36.6 Å². The standard InChI is InChI=1S/C26H35N3O4/c30-24(10-6-1-2-7-15-27-18-8-4-3-5-9-18)28-19-11-13-23-21(16-19)22(17-33-23)20-12-14-25(31)29-26(20)32/h11,13,16-18,20,27H,1-10,12,14-15H2,(H,28,30)(H,29,31,32). The van der Waals surface area contributed by atoms with Crippen LogP contribution < -0.4 is 16.0 Å². The van der Waals surface area contributed by atoms with Crippen molar-refractivity contribution in [3.8, 4) is 0 Å². The third-order valence-corrected chi connectivity index (χ3v) is 6.87. The van der Waals surface area contributed by atoms with E-state index in [2.05, 4.69) is 16.0 Å². The van der Waals surface area contributed by atoms with Gasteiger partial charge in [-0.2, -0.15) is 0 Å². The van der Waals surface area contributed by atoms with Crippen molar-refractivity contribution in [2.75, 3.05) is 11.9 Å². The van der Waals surface area contributed by atoms with Crippen LogP contribution in [0.2, 0.25) is 0 Å². The lowest BCUT2D eigenvalue weighted by atomic mass is 9.90. The third-order valence-electron chi connectivity index (χ3n) is 6.87. The second-order valence-electron chi connectivity index (χ2n) is 9.41. The van der Waals surface area contributed by atoms with Gasteiger partial charge in [0.05, 0.1) is 12.2 Å². The molecule has 1 saturated carbocycles. The molecule has 4 rings (SSSR count). The number of anilines is 1. The largest absolute Gasteiger partial charge is 0.464 e. The van der Waals surface area contributed by atoms with Crippen LogP contribution in [0.3, 0.4) is 0 Å². The predicted molar refractivity (Wildman–Crippen MR) is 128 cm³/mol. The van der Waals surface area contributed by atoms with Gasteiger partial charge in [0.1, 0.15) is 5.58 Å². The number of furan rings is 1. The molecular formula is C26H35N3O4. The Labute approximate surface area is 195 Å². The highest BCUT2D eigenvalue weighted by Gasteiger charge is 2.30. The van der Waals surface area contributed by atoms with E-state index in [4.69, 9.17) is 4.42 Å². The molecule has 1 aromatic carbocycles. The van der Waals surface area contributed by atoms with Crippen LogP contribution in [0.5, 0.6) is 0 Å². The molecule has 0 bridgehead atoms. The van der Waals surface area contributed by atoms with Gasteiger partial charge in [0.2, 0.25) is 17.7 Å². The molecule has 2 fully saturated rings. The fraction of sp³-hybridized carbons (Fsp3) is 0.577. The van der Waals surface area contributed by atoms with E-state index in [1.807, 2.05) is 12.1 Å². The summed E-state index contributed by atoms with van der Waals surface area (Å²) in [5, 5.41) is 9.83. The minimum atomic E-state index is -0.414. The zero-order valence-electron chi connectivity index (χ0n) is 19.3. The van der Waals surface area contributed by atoms with Crippen molar-refractivity contribution in [2.24, 2.45) is 0 Å². The molecule has 7 nitrogen and oxygen atoms in total. The Bertz CT molecular complexity index is 977. The Balaban J connectivity index is 1.20. The van der Waals surface area contributed by atoms with Crippen LogP contribution in [-0.4, -0.2) is 30.3 Å². The van der Waals surface area contributed by atoms with Crippen LogP contribution in [0.4, 0.5) is 5.69 Å². The fourth-order valence-electron chi connectivity index (χ4n) is 4.99. The van der Waals surface area contributed by atoms with Crippen molar-refractivity contribution in [2.45, 2.75) is 89.0 Å². The van der Waals surface area contributed by atoms with Gasteiger partial charge in [-0.3, -0.25) is 19.7 Å². The Kier molecular flexibility index (Phi) is 8.15. The molecule has 1 saturated heterocycles. The van der Waals surface area contributed by atoms with Gasteiger partial charge in [-0.15, -0.1) is 0 Å². The number of benzene rings is 1. The number of carbonyl (C=O) groups excluding carboxylic acids is 3. The van der Waals surface area contributed by atoms with Gasteiger partial charge in [0.15, 0.2) is 0 Å². The highest BCUT2D eigenvalue weighted by atomic mass is 16.3. The van der Waals surface area contributed by atoms with Gasteiger partial charge in [-0.1, -0.05) is 32.1 Å². The summed E-state index contributed by atoms with van der Waals surface area (Å²) in [5.41, 5.74) is 2.11. The first-order valence-electron chi connectivity index (χ1n) is 12.5. The SMILES string of the molecule is O=C1CCC(c2coc3ccc(NC(=O)CCCCCCNC4CCCCC4)cc23)C(=O)N1. The smallest absolute Gasteiger partial charge is 0.234 e. The summed E-state index contributed by atoms with van der Waals surface area (Å²) in [6.45, 7) is 1.08. The monoisotopic (exact) mass is 453 g/mol. The molecule has 7 heteroatoms. The number of unbranched alkanes of at least 4 members (excludes halogenated alkanes) is 3. The molecule has 33 heavy (non-hydrogen) atoms. The number of imide groups is 1. The highest BCUT2D eigenvalue weighted by molar-refractivity contribution is 6.03. The molecule has 1 aliphatic heterocycles. The van der Waals surface area contributed by atoms with E-state index in [0.717, 1.165) is 36.8 Å². The summed E-state index contributed by atoms with van der Waals surface area (Å²) in [6, 6.07) is 6.19. The number of amides is 3. The molecule has 3 N–H and O–H groups in total. The van der Waals surface area contributed by atoms with E-state index in [9.17, 15) is 14.4 Å². The molecule has 0 radical (unpaired) electrons. The first-order chi connectivity index (χ1) is 16.1. The number of piperidine rings is 1. The van der Waals surface area contributed by atoms with Crippen molar-refractivity contribution in [1.29, 1.82) is 0 Å². The lowest BCUT2D eigenvalue weighted by Crippen LogP contribution is -2.39. The average molecular weight is 454 g/mol. The van der Waals surface area contributed by atoms with Gasteiger partial charge in [0, 0.05) is 35.5 Å². The first-order valence-corrected chi connectivity index (χ1v) is 12.5. The van der Waals surface area contributed by atoms with Crippen molar-refractivity contribution < 1.29 is 18.8 Å². The predicted octanol–water partition coefficient (Wildman–Crippen LogP) is 4.76. The summed E-state index contributed by atoms with van der Waals surface area (Å²) in [6.07, 6.45) is 13.8. The molecule has 1 aliphatic carbocycles. The van der Waals surface area contributed by atoms with Crippen LogP contribution in [0.15, 0.2) is 28.9 Å². The second-order valence-corrected chi connectivity index (χ2v) is 9.41. The third kappa shape index (κ3) is 6.44. The zero-order valence-corrected chi connectivity index (χ0v) is 19.3. The number of hydrogen-bond acceptors (Lipinski definition) is 5. The van der Waals surface area contributed by atoms with Crippen LogP contribution >= 0.6 is 0 Å². The minimum Gasteiger partial charge on any atom is -0.464 e. The molecule has 2 aromatic rings. The lowest BCUT2D eigenvalue weighted by Gasteiger charge is -2.22. The molecule has 0 spiro atoms. The van der Waals surface area contributed by atoms with Gasteiger partial charge >= 0.3 is 0 Å². The summed E-state index contributed by atoms with van der Waals surface area (Å²) in [4.78, 5) is 36.1. The number of rotatable bonds is 10. The van der Waals surface area contributed by atoms with Crippen LogP contribution in [-0.2, 0) is 14.4 Å². The average Bonchev–Trinajstić information content (AvgIpc) is 3.22. The van der Waals surface area contributed by atoms with Crippen molar-refractivity contribution >= 4 is 34.4 Å². The molecule has 1 unspecified atom stereocenters. The summed E-state index contributed by atoms with van der Waals surface area (Å²) < 4.78 is 5.60. The Morgan fingerprint density at radius 3 is 2.67 bits per heavy atom. The maximum atomic E-state index is 12.4. The van der Waals surface area contributed by atoms with E-state index in [-0.39, 0.29) is 17.7 Å². The Morgan fingerprint density at radius 1 is 1.03 bits per heavy atom. The Hall–Kier alpha value is -2.67. The quantitative estimate of drug-likeness (QED) is 0.356. The molecule has 1 atom stereocenters. The van der Waals surface area contributed by atoms with Crippen LogP contribution in [0.1, 0.15) is 88.5 Å². The molecule has 178 valence electrons. The van der Waals surface area contributed by atoms with E-state index in [1.165, 1.54) is 38.5 Å². The molecule has 2 heterocycles. The van der Waals surface area contributed by atoms with Crippen molar-refractivity contribution in [3.63, 3.8) is 0 Å². The zero-order chi connectivity index (χ0) is 23.0. The fourth-order valence-corrected chi connectivity index (χ4v) is 4.99. The van der Waals surface area contributed by atoms with Gasteiger partial charge in [-0.25, -0.2) is 0 Å². The van der Waals surface area contributed by atoms with E-state index < -0.39 is 5.92 Å². The second kappa shape index (κ2) is 11.5. The van der Waals surface area contributed by atoms with Crippen molar-refractivity contribution in [1.82, 2.24) is 10.6 Å². The van der Waals surface area contributed by atoms with Crippen LogP contribution in [0, 0.1) is 0 Å². The maximum absolute atomic E-state index is 12.4. The Morgan fingerprint density at radius 2 is 1.85 bits per heavy atom. The van der Waals surface area contributed by atoms with Gasteiger partial charge in [-0.05, 0) is 56.8 Å². The number of fused-ring (bicyclic) bond motifs is 1. The van der Waals surface area contributed by atoms with Crippen molar-refractivity contribution in [3.05, 3.63) is 30.0 Å². The highest BCUT2D eigenvalue weighted by Crippen LogP contribution is 2.34. The topological polar surface area (TPSA) is 100 Å². The maximum Gasteiger partial charge on any atom is 0.234 e. The number of nitrogens with one attached hydrogen (secondary N) is 3. The molecule has 2 aliphatic rings. The van der Waals surface area contributed by atoms with Gasteiger partial charge < -0.3 is 15.1 Å². The molecular weight excluding hydrogens is 418 g/mol. The number of hydrogen-bond donors (Lipinski definition) is 3. The summed E-state index contributed by atoms with van der Waals surface area (Å²) in [7, 11) is 0. The van der Waals surface area contributed by atoms with Crippen LogP contribution in [0.25, 0.3) is 11.0 Å². The van der Waals surface area contributed by atoms with E-state index in [1.54, 1.807) is 12.3 Å². The minimum absolute atomic E-state index is 0.000677. The first kappa shape index (κ1) is 23.5.